The molecule has 3 aromatic rings. The zero-order valence-corrected chi connectivity index (χ0v) is 16.7. The Morgan fingerprint density at radius 2 is 1.82 bits per heavy atom. The number of nitrogens with zero attached hydrogens (tertiary/aromatic N) is 1. The molecule has 0 fully saturated rings. The number of hydrogen-bond donors (Lipinski definition) is 1. The quantitative estimate of drug-likeness (QED) is 0.610. The van der Waals surface area contributed by atoms with E-state index in [2.05, 4.69) is 10.3 Å². The second-order valence-electron chi connectivity index (χ2n) is 6.60. The van der Waals surface area contributed by atoms with Crippen molar-refractivity contribution in [3.63, 3.8) is 0 Å². The molecule has 0 saturated heterocycles. The van der Waals surface area contributed by atoms with Gasteiger partial charge < -0.3 is 10.1 Å². The van der Waals surface area contributed by atoms with Gasteiger partial charge in [0.25, 0.3) is 5.91 Å². The molecule has 1 atom stereocenters. The number of carbonyl (C=O) groups is 2. The van der Waals surface area contributed by atoms with Crippen LogP contribution in [0.5, 0.6) is 0 Å². The van der Waals surface area contributed by atoms with Gasteiger partial charge in [0, 0.05) is 17.5 Å². The van der Waals surface area contributed by atoms with Gasteiger partial charge >= 0.3 is 5.97 Å². The fourth-order valence-corrected chi connectivity index (χ4v) is 3.41. The molecule has 0 unspecified atom stereocenters. The van der Waals surface area contributed by atoms with E-state index in [1.54, 1.807) is 5.38 Å². The van der Waals surface area contributed by atoms with Crippen LogP contribution in [0.2, 0.25) is 0 Å². The number of ether oxygens (including phenoxy) is 1. The van der Waals surface area contributed by atoms with Gasteiger partial charge in [-0.05, 0) is 18.4 Å². The summed E-state index contributed by atoms with van der Waals surface area (Å²) in [6.07, 6.45) is 0. The van der Waals surface area contributed by atoms with Gasteiger partial charge in [0.05, 0.1) is 0 Å². The van der Waals surface area contributed by atoms with Gasteiger partial charge in [0.1, 0.15) is 5.01 Å². The fourth-order valence-electron chi connectivity index (χ4n) is 2.62. The monoisotopic (exact) mass is 394 g/mol. The van der Waals surface area contributed by atoms with Crippen LogP contribution in [-0.2, 0) is 9.53 Å². The maximum absolute atomic E-state index is 12.1. The zero-order valence-electron chi connectivity index (χ0n) is 15.8. The average Bonchev–Trinajstić information content (AvgIpc) is 3.21. The highest BCUT2D eigenvalue weighted by atomic mass is 32.1. The van der Waals surface area contributed by atoms with Crippen LogP contribution in [0.1, 0.15) is 34.5 Å². The Morgan fingerprint density at radius 3 is 2.54 bits per heavy atom. The Morgan fingerprint density at radius 1 is 1.11 bits per heavy atom. The maximum atomic E-state index is 12.1. The Hall–Kier alpha value is -2.99. The predicted octanol–water partition coefficient (Wildman–Crippen LogP) is 4.20. The van der Waals surface area contributed by atoms with Crippen molar-refractivity contribution >= 4 is 23.2 Å². The molecular weight excluding hydrogens is 372 g/mol. The molecule has 5 nitrogen and oxygen atoms in total. The third-order valence-corrected chi connectivity index (χ3v) is 5.21. The molecule has 2 aromatic carbocycles. The Balaban J connectivity index is 1.47. The van der Waals surface area contributed by atoms with Crippen LogP contribution in [0.15, 0.2) is 60.0 Å². The lowest BCUT2D eigenvalue weighted by molar-refractivity contribution is -0.124. The number of carbonyl (C=O) groups excluding carboxylic acids is 2. The first-order valence-electron chi connectivity index (χ1n) is 9.04. The largest absolute Gasteiger partial charge is 0.451 e. The van der Waals surface area contributed by atoms with Crippen LogP contribution in [0.4, 0.5) is 0 Å². The molecule has 0 spiro atoms. The average molecular weight is 394 g/mol. The molecule has 1 amide bonds. The molecule has 28 heavy (non-hydrogen) atoms. The number of rotatable bonds is 7. The van der Waals surface area contributed by atoms with Gasteiger partial charge in [0.15, 0.2) is 12.3 Å². The van der Waals surface area contributed by atoms with Crippen molar-refractivity contribution in [2.75, 3.05) is 13.2 Å². The van der Waals surface area contributed by atoms with Crippen molar-refractivity contribution in [2.24, 2.45) is 0 Å². The molecule has 0 aliphatic carbocycles. The molecule has 1 N–H and O–H groups in total. The van der Waals surface area contributed by atoms with Gasteiger partial charge in [-0.1, -0.05) is 67.1 Å². The van der Waals surface area contributed by atoms with Gasteiger partial charge in [-0.3, -0.25) is 4.79 Å². The van der Waals surface area contributed by atoms with Crippen LogP contribution < -0.4 is 5.32 Å². The van der Waals surface area contributed by atoms with E-state index in [1.165, 1.54) is 11.3 Å². The number of benzene rings is 2. The van der Waals surface area contributed by atoms with E-state index in [0.717, 1.165) is 21.7 Å². The highest BCUT2D eigenvalue weighted by Crippen LogP contribution is 2.24. The Labute approximate surface area is 168 Å². The molecule has 0 saturated carbocycles. The normalized spacial score (nSPS) is 11.6. The van der Waals surface area contributed by atoms with E-state index >= 15 is 0 Å². The highest BCUT2D eigenvalue weighted by molar-refractivity contribution is 7.13. The smallest absolute Gasteiger partial charge is 0.358 e. The molecule has 0 bridgehead atoms. The molecule has 0 aliphatic rings. The molecule has 144 valence electrons. The molecular formula is C22H22N2O3S. The standard InChI is InChI=1S/C22H22N2O3S/c1-15-8-10-18(11-9-15)21-24-19(14-28-21)22(26)27-13-20(25)23-12-16(2)17-6-4-3-5-7-17/h3-11,14,16H,12-13H2,1-2H3,(H,23,25)/t16-/m0/s1. The first-order valence-corrected chi connectivity index (χ1v) is 9.92. The highest BCUT2D eigenvalue weighted by Gasteiger charge is 2.15. The zero-order chi connectivity index (χ0) is 19.9. The summed E-state index contributed by atoms with van der Waals surface area (Å²) in [7, 11) is 0. The summed E-state index contributed by atoms with van der Waals surface area (Å²) >= 11 is 1.37. The van der Waals surface area contributed by atoms with Crippen molar-refractivity contribution in [3.8, 4) is 10.6 Å². The molecule has 1 heterocycles. The minimum Gasteiger partial charge on any atom is -0.451 e. The lowest BCUT2D eigenvalue weighted by atomic mass is 10.0. The predicted molar refractivity (Wildman–Crippen MR) is 110 cm³/mol. The minimum absolute atomic E-state index is 0.177. The molecule has 0 aliphatic heterocycles. The number of nitrogens with one attached hydrogen (secondary N) is 1. The van der Waals surface area contributed by atoms with Gasteiger partial charge in [-0.25, -0.2) is 9.78 Å². The third-order valence-electron chi connectivity index (χ3n) is 4.32. The summed E-state index contributed by atoms with van der Waals surface area (Å²) in [5.41, 5.74) is 3.46. The van der Waals surface area contributed by atoms with Crippen molar-refractivity contribution in [1.29, 1.82) is 0 Å². The van der Waals surface area contributed by atoms with Crippen molar-refractivity contribution < 1.29 is 14.3 Å². The van der Waals surface area contributed by atoms with Gasteiger partial charge in [-0.2, -0.15) is 0 Å². The van der Waals surface area contributed by atoms with Crippen molar-refractivity contribution in [1.82, 2.24) is 10.3 Å². The van der Waals surface area contributed by atoms with E-state index < -0.39 is 5.97 Å². The lowest BCUT2D eigenvalue weighted by Crippen LogP contribution is -2.31. The Bertz CT molecular complexity index is 936. The maximum Gasteiger partial charge on any atom is 0.358 e. The lowest BCUT2D eigenvalue weighted by Gasteiger charge is -2.13. The first kappa shape index (κ1) is 19.8. The SMILES string of the molecule is Cc1ccc(-c2nc(C(=O)OCC(=O)NC[C@H](C)c3ccccc3)cs2)cc1. The van der Waals surface area contributed by atoms with Crippen molar-refractivity contribution in [3.05, 3.63) is 76.8 Å². The number of aryl methyl sites for hydroxylation is 1. The number of hydrogen-bond acceptors (Lipinski definition) is 5. The molecule has 1 aromatic heterocycles. The summed E-state index contributed by atoms with van der Waals surface area (Å²) in [5, 5.41) is 5.18. The number of aromatic nitrogens is 1. The van der Waals surface area contributed by atoms with Crippen LogP contribution in [-0.4, -0.2) is 30.0 Å². The summed E-state index contributed by atoms with van der Waals surface area (Å²) in [5.74, 6) is -0.748. The summed E-state index contributed by atoms with van der Waals surface area (Å²) in [6.45, 7) is 4.20. The van der Waals surface area contributed by atoms with Gasteiger partial charge in [-0.15, -0.1) is 11.3 Å². The van der Waals surface area contributed by atoms with E-state index in [-0.39, 0.29) is 24.1 Å². The Kier molecular flexibility index (Phi) is 6.55. The molecule has 6 heteroatoms. The molecule has 3 rings (SSSR count). The topological polar surface area (TPSA) is 68.3 Å². The van der Waals surface area contributed by atoms with E-state index in [1.807, 2.05) is 68.4 Å². The second kappa shape index (κ2) is 9.28. The van der Waals surface area contributed by atoms with Gasteiger partial charge in [0.2, 0.25) is 0 Å². The summed E-state index contributed by atoms with van der Waals surface area (Å²) in [4.78, 5) is 28.4. The minimum atomic E-state index is -0.596. The van der Waals surface area contributed by atoms with E-state index in [9.17, 15) is 9.59 Å². The second-order valence-corrected chi connectivity index (χ2v) is 7.45. The fraction of sp³-hybridized carbons (Fsp3) is 0.227. The van der Waals surface area contributed by atoms with Crippen molar-refractivity contribution in [2.45, 2.75) is 19.8 Å². The first-order chi connectivity index (χ1) is 13.5. The number of esters is 1. The van der Waals surface area contributed by atoms with E-state index in [4.69, 9.17) is 4.74 Å². The van der Waals surface area contributed by atoms with Crippen LogP contribution in [0, 0.1) is 6.92 Å². The van der Waals surface area contributed by atoms with Crippen LogP contribution in [0.25, 0.3) is 10.6 Å². The van der Waals surface area contributed by atoms with E-state index in [0.29, 0.717) is 6.54 Å². The van der Waals surface area contributed by atoms with Crippen LogP contribution >= 0.6 is 11.3 Å². The number of thiazole rings is 1. The molecule has 0 radical (unpaired) electrons. The number of amides is 1. The third kappa shape index (κ3) is 5.27. The van der Waals surface area contributed by atoms with Crippen LogP contribution in [0.3, 0.4) is 0 Å². The summed E-state index contributed by atoms with van der Waals surface area (Å²) < 4.78 is 5.09. The summed E-state index contributed by atoms with van der Waals surface area (Å²) in [6, 6.07) is 17.8.